The fourth-order valence-corrected chi connectivity index (χ4v) is 2.15. The Morgan fingerprint density at radius 2 is 1.52 bits per heavy atom. The molecule has 0 unspecified atom stereocenters. The fourth-order valence-electron chi connectivity index (χ4n) is 1.65. The Kier molecular flexibility index (Phi) is 5.06. The molecule has 0 amide bonds. The molecule has 0 spiro atoms. The van der Waals surface area contributed by atoms with Crippen LogP contribution in [0.3, 0.4) is 0 Å². The highest BCUT2D eigenvalue weighted by molar-refractivity contribution is 7.99. The van der Waals surface area contributed by atoms with E-state index >= 15 is 0 Å². The Bertz CT molecular complexity index is 616. The van der Waals surface area contributed by atoms with Crippen molar-refractivity contribution in [1.82, 2.24) is 0 Å². The second-order valence-electron chi connectivity index (χ2n) is 4.11. The second-order valence-corrected chi connectivity index (χ2v) is 5.18. The Balaban J connectivity index is 2.01. The molecule has 0 saturated carbocycles. The van der Waals surface area contributed by atoms with E-state index in [4.69, 9.17) is 0 Å². The Labute approximate surface area is 122 Å². The van der Waals surface area contributed by atoms with Crippen LogP contribution in [0.1, 0.15) is 5.56 Å². The molecule has 21 heavy (non-hydrogen) atoms. The van der Waals surface area contributed by atoms with Crippen molar-refractivity contribution in [3.05, 3.63) is 59.4 Å². The zero-order chi connectivity index (χ0) is 15.4. The van der Waals surface area contributed by atoms with Gasteiger partial charge in [-0.25, -0.2) is 13.2 Å². The van der Waals surface area contributed by atoms with E-state index in [2.05, 4.69) is 5.32 Å². The molecule has 0 saturated heterocycles. The standard InChI is InChI=1S/C14H10F5NS/c15-11-6-13(17)12(16)5-8(11)7-20-9-1-3-10(4-2-9)21-14(18)19/h1-6,14,20H,7H2. The van der Waals surface area contributed by atoms with Gasteiger partial charge in [0.25, 0.3) is 5.76 Å². The molecule has 0 bridgehead atoms. The van der Waals surface area contributed by atoms with Gasteiger partial charge in [0.05, 0.1) is 0 Å². The molecule has 2 rings (SSSR count). The van der Waals surface area contributed by atoms with Crippen LogP contribution < -0.4 is 5.32 Å². The molecule has 0 heterocycles. The van der Waals surface area contributed by atoms with E-state index in [1.807, 2.05) is 0 Å². The van der Waals surface area contributed by atoms with E-state index in [0.29, 0.717) is 28.4 Å². The van der Waals surface area contributed by atoms with Gasteiger partial charge < -0.3 is 5.32 Å². The number of hydrogen-bond donors (Lipinski definition) is 1. The predicted octanol–water partition coefficient (Wildman–Crippen LogP) is 5.03. The first-order valence-corrected chi connectivity index (χ1v) is 6.76. The first-order chi connectivity index (χ1) is 9.95. The van der Waals surface area contributed by atoms with Gasteiger partial charge in [-0.05, 0) is 30.3 Å². The van der Waals surface area contributed by atoms with Gasteiger partial charge in [0.2, 0.25) is 0 Å². The van der Waals surface area contributed by atoms with Crippen LogP contribution in [0.4, 0.5) is 27.6 Å². The minimum Gasteiger partial charge on any atom is -0.381 e. The first kappa shape index (κ1) is 15.6. The summed E-state index contributed by atoms with van der Waals surface area (Å²) in [5.41, 5.74) is 0.526. The zero-order valence-electron chi connectivity index (χ0n) is 10.5. The van der Waals surface area contributed by atoms with Crippen molar-refractivity contribution in [3.8, 4) is 0 Å². The van der Waals surface area contributed by atoms with E-state index in [-0.39, 0.29) is 12.1 Å². The molecule has 0 radical (unpaired) electrons. The highest BCUT2D eigenvalue weighted by atomic mass is 32.2. The molecular weight excluding hydrogens is 309 g/mol. The quantitative estimate of drug-likeness (QED) is 0.471. The molecule has 0 aromatic heterocycles. The molecule has 0 atom stereocenters. The van der Waals surface area contributed by atoms with Crippen LogP contribution in [0, 0.1) is 17.5 Å². The Morgan fingerprint density at radius 1 is 0.905 bits per heavy atom. The van der Waals surface area contributed by atoms with Gasteiger partial charge in [-0.15, -0.1) is 0 Å². The van der Waals surface area contributed by atoms with Gasteiger partial charge in [-0.3, -0.25) is 0 Å². The molecule has 2 aromatic rings. The summed E-state index contributed by atoms with van der Waals surface area (Å²) in [6.07, 6.45) is 0. The highest BCUT2D eigenvalue weighted by Gasteiger charge is 2.10. The monoisotopic (exact) mass is 319 g/mol. The average molecular weight is 319 g/mol. The lowest BCUT2D eigenvalue weighted by Gasteiger charge is -2.09. The van der Waals surface area contributed by atoms with Crippen LogP contribution in [-0.2, 0) is 6.54 Å². The lowest BCUT2D eigenvalue weighted by Crippen LogP contribution is -2.03. The third-order valence-corrected chi connectivity index (χ3v) is 3.37. The summed E-state index contributed by atoms with van der Waals surface area (Å²) in [7, 11) is 0. The van der Waals surface area contributed by atoms with Crippen molar-refractivity contribution >= 4 is 17.4 Å². The maximum Gasteiger partial charge on any atom is 0.288 e. The van der Waals surface area contributed by atoms with Gasteiger partial charge in [-0.2, -0.15) is 8.78 Å². The SMILES string of the molecule is Fc1cc(F)c(CNc2ccc(SC(F)F)cc2)cc1F. The van der Waals surface area contributed by atoms with E-state index in [0.717, 1.165) is 6.07 Å². The van der Waals surface area contributed by atoms with E-state index in [1.54, 1.807) is 12.1 Å². The third-order valence-electron chi connectivity index (χ3n) is 2.65. The topological polar surface area (TPSA) is 12.0 Å². The number of thioether (sulfide) groups is 1. The number of hydrogen-bond acceptors (Lipinski definition) is 2. The lowest BCUT2D eigenvalue weighted by atomic mass is 10.2. The van der Waals surface area contributed by atoms with Crippen molar-refractivity contribution in [1.29, 1.82) is 0 Å². The first-order valence-electron chi connectivity index (χ1n) is 5.88. The Hall–Kier alpha value is -1.76. The zero-order valence-corrected chi connectivity index (χ0v) is 11.4. The molecule has 2 aromatic carbocycles. The lowest BCUT2D eigenvalue weighted by molar-refractivity contribution is 0.252. The van der Waals surface area contributed by atoms with Crippen molar-refractivity contribution < 1.29 is 22.0 Å². The summed E-state index contributed by atoms with van der Waals surface area (Å²) in [5.74, 6) is -5.73. The van der Waals surface area contributed by atoms with Crippen molar-refractivity contribution in [3.63, 3.8) is 0 Å². The number of rotatable bonds is 5. The van der Waals surface area contributed by atoms with E-state index in [9.17, 15) is 22.0 Å². The summed E-state index contributed by atoms with van der Waals surface area (Å²) in [6.45, 7) is -0.0512. The van der Waals surface area contributed by atoms with Crippen LogP contribution in [0.15, 0.2) is 41.3 Å². The van der Waals surface area contributed by atoms with E-state index < -0.39 is 23.2 Å². The Morgan fingerprint density at radius 3 is 2.14 bits per heavy atom. The molecule has 0 aliphatic heterocycles. The highest BCUT2D eigenvalue weighted by Crippen LogP contribution is 2.26. The minimum absolute atomic E-state index is 0.0278. The largest absolute Gasteiger partial charge is 0.381 e. The summed E-state index contributed by atoms with van der Waals surface area (Å²) in [4.78, 5) is 0.398. The van der Waals surface area contributed by atoms with E-state index in [1.165, 1.54) is 12.1 Å². The molecule has 1 N–H and O–H groups in total. The third kappa shape index (κ3) is 4.35. The molecular formula is C14H10F5NS. The van der Waals surface area contributed by atoms with Crippen molar-refractivity contribution in [2.24, 2.45) is 0 Å². The number of alkyl halides is 2. The fraction of sp³-hybridized carbons (Fsp3) is 0.143. The molecule has 0 aliphatic carbocycles. The van der Waals surface area contributed by atoms with Crippen molar-refractivity contribution in [2.75, 3.05) is 5.32 Å². The predicted molar refractivity (Wildman–Crippen MR) is 71.9 cm³/mol. The van der Waals surface area contributed by atoms with Gasteiger partial charge in [0.1, 0.15) is 5.82 Å². The maximum absolute atomic E-state index is 13.4. The van der Waals surface area contributed by atoms with Gasteiger partial charge in [0.15, 0.2) is 11.6 Å². The number of halogens is 5. The molecule has 112 valence electrons. The maximum atomic E-state index is 13.4. The minimum atomic E-state index is -2.50. The summed E-state index contributed by atoms with van der Waals surface area (Å²) < 4.78 is 63.5. The average Bonchev–Trinajstić information content (AvgIpc) is 2.42. The number of benzene rings is 2. The molecule has 0 fully saturated rings. The second kappa shape index (κ2) is 6.80. The normalized spacial score (nSPS) is 11.0. The summed E-state index contributed by atoms with van der Waals surface area (Å²) in [6, 6.07) is 7.32. The molecule has 7 heteroatoms. The van der Waals surface area contributed by atoms with Crippen LogP contribution in [-0.4, -0.2) is 5.76 Å². The van der Waals surface area contributed by atoms with Crippen LogP contribution in [0.2, 0.25) is 0 Å². The van der Waals surface area contributed by atoms with Crippen LogP contribution in [0.5, 0.6) is 0 Å². The number of nitrogens with one attached hydrogen (secondary N) is 1. The summed E-state index contributed by atoms with van der Waals surface area (Å²) >= 11 is 0.415. The van der Waals surface area contributed by atoms with Crippen LogP contribution in [0.25, 0.3) is 0 Å². The molecule has 1 nitrogen and oxygen atoms in total. The molecule has 0 aliphatic rings. The summed E-state index contributed by atoms with van der Waals surface area (Å²) in [5, 5.41) is 2.80. The smallest absolute Gasteiger partial charge is 0.288 e. The van der Waals surface area contributed by atoms with Gasteiger partial charge >= 0.3 is 0 Å². The van der Waals surface area contributed by atoms with Gasteiger partial charge in [-0.1, -0.05) is 11.8 Å². The van der Waals surface area contributed by atoms with Gasteiger partial charge in [0, 0.05) is 28.8 Å². The number of anilines is 1. The van der Waals surface area contributed by atoms with Crippen molar-refractivity contribution in [2.45, 2.75) is 17.2 Å². The van der Waals surface area contributed by atoms with Crippen LogP contribution >= 0.6 is 11.8 Å².